The molecule has 25 heavy (non-hydrogen) atoms. The van der Waals surface area contributed by atoms with E-state index < -0.39 is 0 Å². The minimum atomic E-state index is -0.103. The quantitative estimate of drug-likeness (QED) is 0.600. The highest BCUT2D eigenvalue weighted by Gasteiger charge is 2.31. The van der Waals surface area contributed by atoms with E-state index in [1.807, 2.05) is 60.4 Å². The zero-order chi connectivity index (χ0) is 17.4. The molecule has 126 valence electrons. The van der Waals surface area contributed by atoms with Crippen molar-refractivity contribution in [3.8, 4) is 11.3 Å². The number of amides is 1. The van der Waals surface area contributed by atoms with E-state index >= 15 is 0 Å². The lowest BCUT2D eigenvalue weighted by Gasteiger charge is -2.32. The summed E-state index contributed by atoms with van der Waals surface area (Å²) >= 11 is 7.57. The first kappa shape index (κ1) is 16.3. The van der Waals surface area contributed by atoms with Crippen molar-refractivity contribution < 1.29 is 9.21 Å². The van der Waals surface area contributed by atoms with Crippen molar-refractivity contribution >= 4 is 35.0 Å². The molecule has 3 nitrogen and oxygen atoms in total. The van der Waals surface area contributed by atoms with Gasteiger partial charge in [-0.3, -0.25) is 4.79 Å². The van der Waals surface area contributed by atoms with Crippen LogP contribution in [0.3, 0.4) is 0 Å². The van der Waals surface area contributed by atoms with Gasteiger partial charge in [0.25, 0.3) is 0 Å². The van der Waals surface area contributed by atoms with Crippen LogP contribution in [0.2, 0.25) is 5.02 Å². The van der Waals surface area contributed by atoms with Crippen molar-refractivity contribution in [2.75, 3.05) is 4.90 Å². The second kappa shape index (κ2) is 6.62. The second-order valence-corrected chi connectivity index (χ2v) is 7.79. The van der Waals surface area contributed by atoms with Gasteiger partial charge in [0.1, 0.15) is 5.76 Å². The molecule has 1 aromatic heterocycles. The van der Waals surface area contributed by atoms with Gasteiger partial charge in [0, 0.05) is 15.5 Å². The van der Waals surface area contributed by atoms with E-state index in [1.165, 1.54) is 0 Å². The van der Waals surface area contributed by atoms with E-state index in [4.69, 9.17) is 16.0 Å². The highest BCUT2D eigenvalue weighted by Crippen LogP contribution is 2.42. The van der Waals surface area contributed by atoms with Crippen LogP contribution in [0.25, 0.3) is 11.3 Å². The zero-order valence-electron chi connectivity index (χ0n) is 13.6. The largest absolute Gasteiger partial charge is 0.464 e. The van der Waals surface area contributed by atoms with Crippen LogP contribution >= 0.6 is 23.4 Å². The SMILES string of the molecule is CC1Sc2ccc(-c3ccco3)cc2N(Cc2ccc(Cl)cc2)C1=O. The number of thioether (sulfide) groups is 1. The first-order chi connectivity index (χ1) is 12.1. The van der Waals surface area contributed by atoms with Crippen LogP contribution in [0, 0.1) is 0 Å². The first-order valence-electron chi connectivity index (χ1n) is 8.02. The van der Waals surface area contributed by atoms with Crippen molar-refractivity contribution in [1.29, 1.82) is 0 Å². The fourth-order valence-electron chi connectivity index (χ4n) is 2.94. The van der Waals surface area contributed by atoms with Gasteiger partial charge in [0.15, 0.2) is 0 Å². The van der Waals surface area contributed by atoms with Crippen molar-refractivity contribution in [2.24, 2.45) is 0 Å². The third-order valence-corrected chi connectivity index (χ3v) is 5.63. The highest BCUT2D eigenvalue weighted by molar-refractivity contribution is 8.01. The molecule has 2 aromatic carbocycles. The molecule has 0 saturated heterocycles. The molecule has 0 radical (unpaired) electrons. The number of hydrogen-bond acceptors (Lipinski definition) is 3. The van der Waals surface area contributed by atoms with Crippen LogP contribution in [0.4, 0.5) is 5.69 Å². The Morgan fingerprint density at radius 2 is 1.96 bits per heavy atom. The fraction of sp³-hybridized carbons (Fsp3) is 0.150. The summed E-state index contributed by atoms with van der Waals surface area (Å²) in [5.41, 5.74) is 2.94. The molecule has 1 atom stereocenters. The van der Waals surface area contributed by atoms with Gasteiger partial charge in [-0.25, -0.2) is 0 Å². The number of carbonyl (C=O) groups is 1. The maximum Gasteiger partial charge on any atom is 0.240 e. The van der Waals surface area contributed by atoms with Gasteiger partial charge in [0.05, 0.1) is 23.7 Å². The maximum atomic E-state index is 12.8. The molecule has 2 heterocycles. The summed E-state index contributed by atoms with van der Waals surface area (Å²) in [6.07, 6.45) is 1.65. The van der Waals surface area contributed by atoms with Crippen LogP contribution in [-0.4, -0.2) is 11.2 Å². The van der Waals surface area contributed by atoms with E-state index in [-0.39, 0.29) is 11.2 Å². The van der Waals surface area contributed by atoms with Crippen molar-refractivity contribution in [3.05, 3.63) is 71.4 Å². The van der Waals surface area contributed by atoms with Crippen LogP contribution < -0.4 is 4.90 Å². The maximum absolute atomic E-state index is 12.8. The van der Waals surface area contributed by atoms with Gasteiger partial charge in [-0.15, -0.1) is 11.8 Å². The van der Waals surface area contributed by atoms with Gasteiger partial charge in [-0.1, -0.05) is 23.7 Å². The van der Waals surface area contributed by atoms with Crippen molar-refractivity contribution in [3.63, 3.8) is 0 Å². The minimum absolute atomic E-state index is 0.103. The molecule has 1 amide bonds. The highest BCUT2D eigenvalue weighted by atomic mass is 35.5. The van der Waals surface area contributed by atoms with Gasteiger partial charge < -0.3 is 9.32 Å². The van der Waals surface area contributed by atoms with E-state index in [0.29, 0.717) is 11.6 Å². The smallest absolute Gasteiger partial charge is 0.240 e. The lowest BCUT2D eigenvalue weighted by molar-refractivity contribution is -0.118. The third kappa shape index (κ3) is 3.20. The minimum Gasteiger partial charge on any atom is -0.464 e. The number of benzene rings is 2. The Balaban J connectivity index is 1.74. The average molecular weight is 370 g/mol. The van der Waals surface area contributed by atoms with Crippen molar-refractivity contribution in [1.82, 2.24) is 0 Å². The number of fused-ring (bicyclic) bond motifs is 1. The summed E-state index contributed by atoms with van der Waals surface area (Å²) in [5, 5.41) is 0.590. The Bertz CT molecular complexity index is 906. The Morgan fingerprint density at radius 3 is 2.68 bits per heavy atom. The number of carbonyl (C=O) groups excluding carboxylic acids is 1. The van der Waals surface area contributed by atoms with Gasteiger partial charge >= 0.3 is 0 Å². The second-order valence-electron chi connectivity index (χ2n) is 5.97. The number of furan rings is 1. The molecular weight excluding hydrogens is 354 g/mol. The van der Waals surface area contributed by atoms with Crippen molar-refractivity contribution in [2.45, 2.75) is 23.6 Å². The Labute approximate surface area is 155 Å². The topological polar surface area (TPSA) is 33.5 Å². The molecule has 0 bridgehead atoms. The fourth-order valence-corrected chi connectivity index (χ4v) is 4.11. The Morgan fingerprint density at radius 1 is 1.16 bits per heavy atom. The Kier molecular flexibility index (Phi) is 4.32. The van der Waals surface area contributed by atoms with E-state index in [9.17, 15) is 4.79 Å². The third-order valence-electron chi connectivity index (χ3n) is 4.23. The molecule has 0 N–H and O–H groups in total. The molecule has 0 spiro atoms. The summed E-state index contributed by atoms with van der Waals surface area (Å²) in [6, 6.07) is 17.5. The van der Waals surface area contributed by atoms with E-state index in [0.717, 1.165) is 27.5 Å². The molecule has 1 aliphatic rings. The molecule has 3 aromatic rings. The standard InChI is InChI=1S/C20H16ClNO2S/c1-13-20(23)22(12-14-4-7-16(21)8-5-14)17-11-15(6-9-19(17)25-13)18-3-2-10-24-18/h2-11,13H,12H2,1H3. The zero-order valence-corrected chi connectivity index (χ0v) is 15.2. The summed E-state index contributed by atoms with van der Waals surface area (Å²) in [7, 11) is 0. The molecular formula is C20H16ClNO2S. The monoisotopic (exact) mass is 369 g/mol. The predicted octanol–water partition coefficient (Wildman–Crippen LogP) is 5.63. The first-order valence-corrected chi connectivity index (χ1v) is 9.28. The van der Waals surface area contributed by atoms with Gasteiger partial charge in [0.2, 0.25) is 5.91 Å². The average Bonchev–Trinajstić information content (AvgIpc) is 3.15. The number of nitrogens with zero attached hydrogens (tertiary/aromatic N) is 1. The van der Waals surface area contributed by atoms with Gasteiger partial charge in [-0.05, 0) is 55.0 Å². The Hall–Kier alpha value is -2.17. The van der Waals surface area contributed by atoms with E-state index in [2.05, 4.69) is 6.07 Å². The summed E-state index contributed by atoms with van der Waals surface area (Å²) < 4.78 is 5.50. The molecule has 1 aliphatic heterocycles. The van der Waals surface area contributed by atoms with Crippen LogP contribution in [-0.2, 0) is 11.3 Å². The van der Waals surface area contributed by atoms with Crippen LogP contribution in [0.15, 0.2) is 70.2 Å². The predicted molar refractivity (Wildman–Crippen MR) is 102 cm³/mol. The molecule has 0 aliphatic carbocycles. The lowest BCUT2D eigenvalue weighted by Crippen LogP contribution is -2.39. The van der Waals surface area contributed by atoms with Crippen LogP contribution in [0.1, 0.15) is 12.5 Å². The van der Waals surface area contributed by atoms with E-state index in [1.54, 1.807) is 18.0 Å². The lowest BCUT2D eigenvalue weighted by atomic mass is 10.1. The molecule has 5 heteroatoms. The summed E-state index contributed by atoms with van der Waals surface area (Å²) in [4.78, 5) is 15.8. The number of hydrogen-bond donors (Lipinski definition) is 0. The van der Waals surface area contributed by atoms with Gasteiger partial charge in [-0.2, -0.15) is 0 Å². The molecule has 4 rings (SSSR count). The van der Waals surface area contributed by atoms with Crippen LogP contribution in [0.5, 0.6) is 0 Å². The summed E-state index contributed by atoms with van der Waals surface area (Å²) in [5.74, 6) is 0.911. The number of halogens is 1. The number of rotatable bonds is 3. The summed E-state index contributed by atoms with van der Waals surface area (Å²) in [6.45, 7) is 2.47. The number of anilines is 1. The molecule has 0 fully saturated rings. The molecule has 1 unspecified atom stereocenters. The normalized spacial score (nSPS) is 16.8. The molecule has 0 saturated carbocycles.